The first kappa shape index (κ1) is 67.2. The molecular weight excluding hydrogens is 1100 g/mol. The molecule has 2 N–H and O–H groups in total. The molecule has 0 radical (unpaired) electrons. The molecule has 464 valence electrons. The Hall–Kier alpha value is -7.93. The second-order valence-corrected chi connectivity index (χ2v) is 24.3. The molecule has 6 rings (SSSR count). The van der Waals surface area contributed by atoms with Gasteiger partial charge in [0.2, 0.25) is 29.4 Å². The number of Topliss-reactive ketones (excluding diaryl/α,β-unsaturated/α-hetero) is 1. The number of benzene rings is 4. The zero-order valence-corrected chi connectivity index (χ0v) is 52.0. The lowest BCUT2D eigenvalue weighted by atomic mass is 9.87. The first-order valence-corrected chi connectivity index (χ1v) is 29.9. The van der Waals surface area contributed by atoms with Crippen LogP contribution in [0.15, 0.2) is 97.1 Å². The van der Waals surface area contributed by atoms with Crippen molar-refractivity contribution >= 4 is 63.9 Å². The number of ether oxygens (including phenoxy) is 4. The highest BCUT2D eigenvalue weighted by atomic mass is 16.5. The van der Waals surface area contributed by atoms with Gasteiger partial charge in [0.25, 0.3) is 11.8 Å². The van der Waals surface area contributed by atoms with E-state index in [2.05, 4.69) is 16.7 Å². The molecule has 5 atom stereocenters. The van der Waals surface area contributed by atoms with E-state index >= 15 is 4.79 Å². The Morgan fingerprint density at radius 3 is 2.19 bits per heavy atom. The third-order valence-electron chi connectivity index (χ3n) is 15.9. The number of fused-ring (bicyclic) bond motifs is 4. The molecule has 1 fully saturated rings. The molecule has 2 heterocycles. The van der Waals surface area contributed by atoms with Crippen LogP contribution in [0, 0.1) is 19.3 Å². The molecule has 0 aromatic heterocycles. The van der Waals surface area contributed by atoms with Gasteiger partial charge in [-0.2, -0.15) is 0 Å². The van der Waals surface area contributed by atoms with Crippen LogP contribution >= 0.6 is 0 Å². The molecule has 6 amide bonds. The van der Waals surface area contributed by atoms with Crippen molar-refractivity contribution in [2.75, 3.05) is 60.6 Å². The molecule has 1 saturated heterocycles. The second kappa shape index (κ2) is 30.9. The van der Waals surface area contributed by atoms with E-state index in [0.717, 1.165) is 39.1 Å². The predicted octanol–water partition coefficient (Wildman–Crippen LogP) is 7.49. The van der Waals surface area contributed by atoms with Crippen LogP contribution in [0.4, 0.5) is 0 Å². The number of amides is 6. The highest BCUT2D eigenvalue weighted by Gasteiger charge is 2.43. The summed E-state index contributed by atoms with van der Waals surface area (Å²) >= 11 is 0. The van der Waals surface area contributed by atoms with Crippen molar-refractivity contribution in [1.29, 1.82) is 0 Å². The number of likely N-dealkylation sites (N-methyl/N-ethyl adjacent to an activating group) is 3. The summed E-state index contributed by atoms with van der Waals surface area (Å²) < 4.78 is 24.1. The van der Waals surface area contributed by atoms with Crippen LogP contribution in [0.5, 0.6) is 5.75 Å². The lowest BCUT2D eigenvalue weighted by Gasteiger charge is -2.36. The monoisotopic (exact) mass is 1180 g/mol. The quantitative estimate of drug-likeness (QED) is 0.116. The van der Waals surface area contributed by atoms with Gasteiger partial charge in [0.1, 0.15) is 42.6 Å². The van der Waals surface area contributed by atoms with E-state index < -0.39 is 114 Å². The third kappa shape index (κ3) is 19.0. The molecule has 4 aromatic rings. The van der Waals surface area contributed by atoms with Gasteiger partial charge >= 0.3 is 11.9 Å². The van der Waals surface area contributed by atoms with Crippen LogP contribution in [-0.4, -0.2) is 163 Å². The Morgan fingerprint density at radius 1 is 0.733 bits per heavy atom. The standard InChI is InChI=1S/C67H88N6O13/c1-12-13-25-53-62(79)69-52(38-47-30-32-48-21-14-15-22-49(48)37-47)63(80)72(11)55(41-85-66(4,5)6)61(78)68-40-57(74)70(9)34-18-17-27-59(76)84-43-67(7,8)60(77)64(81)73-35-19-16-26-54(73)65(82)86-56(33-31-46-29-28-44(2)45(3)36-46)50-23-20-24-51(39-50)83-42-58(75)71(53)10/h14-15,17,20-24,27-30,32,36-37,39,52-56H,12-13,16,18-19,25-26,31,33-35,38,40-43H2,1-11H3,(H,68,78)(H,69,79)/b27-17+/t52-,53-,54-,55-,56+/m0/s1. The predicted molar refractivity (Wildman–Crippen MR) is 326 cm³/mol. The van der Waals surface area contributed by atoms with Crippen molar-refractivity contribution in [2.45, 2.75) is 155 Å². The minimum atomic E-state index is -1.48. The average molecular weight is 1190 g/mol. The summed E-state index contributed by atoms with van der Waals surface area (Å²) in [5.74, 6) is -5.88. The van der Waals surface area contributed by atoms with Gasteiger partial charge in [-0.15, -0.1) is 0 Å². The van der Waals surface area contributed by atoms with E-state index in [4.69, 9.17) is 18.9 Å². The lowest BCUT2D eigenvalue weighted by Crippen LogP contribution is -2.59. The summed E-state index contributed by atoms with van der Waals surface area (Å²) in [6.07, 6.45) is 5.72. The molecule has 2 aliphatic rings. The Morgan fingerprint density at radius 2 is 1.47 bits per heavy atom. The van der Waals surface area contributed by atoms with Crippen LogP contribution in [-0.2, 0) is 70.2 Å². The minimum Gasteiger partial charge on any atom is -0.484 e. The number of nitrogens with zero attached hydrogens (tertiary/aromatic N) is 4. The molecule has 2 bridgehead atoms. The topological polar surface area (TPSA) is 228 Å². The Balaban J connectivity index is 1.34. The number of rotatable bonds is 10. The number of cyclic esters (lactones) is 2. The third-order valence-corrected chi connectivity index (χ3v) is 15.9. The summed E-state index contributed by atoms with van der Waals surface area (Å²) in [4.78, 5) is 133. The summed E-state index contributed by atoms with van der Waals surface area (Å²) in [5, 5.41) is 7.53. The number of hydrogen-bond acceptors (Lipinski definition) is 13. The maximum Gasteiger partial charge on any atom is 0.330 e. The van der Waals surface area contributed by atoms with Crippen molar-refractivity contribution in [1.82, 2.24) is 30.2 Å². The largest absolute Gasteiger partial charge is 0.484 e. The van der Waals surface area contributed by atoms with Gasteiger partial charge in [-0.25, -0.2) is 9.59 Å². The van der Waals surface area contributed by atoms with Crippen LogP contribution < -0.4 is 15.4 Å². The van der Waals surface area contributed by atoms with Gasteiger partial charge < -0.3 is 49.2 Å². The van der Waals surface area contributed by atoms with Crippen molar-refractivity contribution in [2.24, 2.45) is 5.41 Å². The van der Waals surface area contributed by atoms with Gasteiger partial charge in [0, 0.05) is 46.7 Å². The Bertz CT molecular complexity index is 3110. The Labute approximate surface area is 506 Å². The maximum absolute atomic E-state index is 15.0. The highest BCUT2D eigenvalue weighted by molar-refractivity contribution is 6.38. The Kier molecular flexibility index (Phi) is 24.2. The number of piperidine rings is 1. The van der Waals surface area contributed by atoms with E-state index in [1.165, 1.54) is 60.7 Å². The van der Waals surface area contributed by atoms with Gasteiger partial charge in [0.05, 0.1) is 24.2 Å². The van der Waals surface area contributed by atoms with E-state index in [9.17, 15) is 38.4 Å². The fourth-order valence-corrected chi connectivity index (χ4v) is 10.2. The van der Waals surface area contributed by atoms with Gasteiger partial charge in [-0.1, -0.05) is 98.6 Å². The fraction of sp³-hybridized carbons (Fsp3) is 0.507. The molecule has 19 nitrogen and oxygen atoms in total. The first-order chi connectivity index (χ1) is 40.8. The van der Waals surface area contributed by atoms with Crippen LogP contribution in [0.2, 0.25) is 0 Å². The lowest BCUT2D eigenvalue weighted by molar-refractivity contribution is -0.165. The molecule has 86 heavy (non-hydrogen) atoms. The van der Waals surface area contributed by atoms with Crippen LogP contribution in [0.25, 0.3) is 10.8 Å². The van der Waals surface area contributed by atoms with Crippen LogP contribution in [0.3, 0.4) is 0 Å². The minimum absolute atomic E-state index is 0.0108. The van der Waals surface area contributed by atoms with Gasteiger partial charge in [-0.3, -0.25) is 33.6 Å². The summed E-state index contributed by atoms with van der Waals surface area (Å²) in [5.41, 5.74) is 2.28. The van der Waals surface area contributed by atoms with Crippen molar-refractivity contribution in [3.05, 3.63) is 125 Å². The molecule has 0 spiro atoms. The second-order valence-electron chi connectivity index (χ2n) is 24.3. The average Bonchev–Trinajstić information content (AvgIpc) is 3.60. The summed E-state index contributed by atoms with van der Waals surface area (Å²) in [6, 6.07) is 21.8. The van der Waals surface area contributed by atoms with Crippen molar-refractivity contribution in [3.8, 4) is 5.75 Å². The zero-order valence-electron chi connectivity index (χ0n) is 52.0. The summed E-state index contributed by atoms with van der Waals surface area (Å²) in [7, 11) is 4.47. The number of unbranched alkanes of at least 4 members (excludes halogenated alkanes) is 1. The highest BCUT2D eigenvalue weighted by Crippen LogP contribution is 2.31. The molecule has 0 saturated carbocycles. The molecule has 19 heteroatoms. The van der Waals surface area contributed by atoms with Gasteiger partial charge in [0.15, 0.2) is 6.61 Å². The van der Waals surface area contributed by atoms with E-state index in [1.807, 2.05) is 75.4 Å². The SMILES string of the molecule is CCCC[C@H]1C(=O)N[C@@H](Cc2ccc3ccccc3c2)C(=O)N(C)[C@@H](COC(C)(C)C)C(=O)NCC(=O)N(C)CC/C=C/C(=O)OCC(C)(C)C(=O)C(=O)N2CCCC[C@H]2C(=O)O[C@H](CCc2ccc(C)c(C)c2)c2cccc(c2)OCC(=O)N1C. The number of ketones is 1. The number of esters is 2. The molecule has 0 aliphatic carbocycles. The number of aryl methyl sites for hydroxylation is 3. The van der Waals surface area contributed by atoms with E-state index in [0.29, 0.717) is 44.1 Å². The number of carbonyl (C=O) groups is 9. The molecular formula is C67H88N6O13. The van der Waals surface area contributed by atoms with Gasteiger partial charge in [-0.05, 0) is 144 Å². The van der Waals surface area contributed by atoms with E-state index in [1.54, 1.807) is 45.0 Å². The smallest absolute Gasteiger partial charge is 0.330 e. The number of nitrogens with one attached hydrogen (secondary N) is 2. The number of hydrogen-bond donors (Lipinski definition) is 2. The normalized spacial score (nSPS) is 22.3. The van der Waals surface area contributed by atoms with Crippen LogP contribution in [0.1, 0.15) is 127 Å². The molecule has 0 unspecified atom stereocenters. The fourth-order valence-electron chi connectivity index (χ4n) is 10.2. The number of carbonyl (C=O) groups excluding carboxylic acids is 9. The first-order valence-electron chi connectivity index (χ1n) is 29.9. The zero-order chi connectivity index (χ0) is 62.9. The van der Waals surface area contributed by atoms with Crippen molar-refractivity contribution < 1.29 is 62.1 Å². The maximum atomic E-state index is 15.0. The van der Waals surface area contributed by atoms with Crippen molar-refractivity contribution in [3.63, 3.8) is 0 Å². The molecule has 2 aliphatic heterocycles. The summed E-state index contributed by atoms with van der Waals surface area (Å²) in [6.45, 7) is 13.0. The van der Waals surface area contributed by atoms with E-state index in [-0.39, 0.29) is 51.1 Å². The molecule has 4 aromatic carbocycles.